The Balaban J connectivity index is 2.85. The van der Waals surface area contributed by atoms with Crippen LogP contribution >= 0.6 is 0 Å². The summed E-state index contributed by atoms with van der Waals surface area (Å²) in [5.74, 6) is 0. The van der Waals surface area contributed by atoms with Crippen molar-refractivity contribution in [2.24, 2.45) is 0 Å². The van der Waals surface area contributed by atoms with E-state index in [-0.39, 0.29) is 5.69 Å². The van der Waals surface area contributed by atoms with Gasteiger partial charge in [-0.05, 0) is 6.92 Å². The molecule has 0 amide bonds. The monoisotopic (exact) mass is 139 g/mol. The molecular formula is C6H9N3O. The van der Waals surface area contributed by atoms with E-state index in [0.717, 1.165) is 5.57 Å². The molecule has 1 aromatic rings. The van der Waals surface area contributed by atoms with Gasteiger partial charge in [-0.3, -0.25) is 4.98 Å². The lowest BCUT2D eigenvalue weighted by atomic mass is 10.4. The summed E-state index contributed by atoms with van der Waals surface area (Å²) in [4.78, 5) is 13.2. The first-order chi connectivity index (χ1) is 4.70. The lowest BCUT2D eigenvalue weighted by Crippen LogP contribution is -2.18. The van der Waals surface area contributed by atoms with Crippen molar-refractivity contribution in [2.45, 2.75) is 13.5 Å². The van der Waals surface area contributed by atoms with Gasteiger partial charge in [0.15, 0.2) is 0 Å². The fourth-order valence-corrected chi connectivity index (χ4v) is 0.649. The van der Waals surface area contributed by atoms with E-state index in [2.05, 4.69) is 16.7 Å². The highest BCUT2D eigenvalue weighted by atomic mass is 16.1. The molecule has 0 aliphatic carbocycles. The van der Waals surface area contributed by atoms with E-state index in [9.17, 15) is 4.79 Å². The zero-order valence-corrected chi connectivity index (χ0v) is 5.79. The lowest BCUT2D eigenvalue weighted by Gasteiger charge is -1.94. The van der Waals surface area contributed by atoms with Crippen LogP contribution < -0.4 is 5.69 Å². The first-order valence-corrected chi connectivity index (χ1v) is 2.95. The SMILES string of the molecule is C=C(C)Cn1nc[nH]c1=O. The van der Waals surface area contributed by atoms with Gasteiger partial charge in [-0.25, -0.2) is 9.48 Å². The van der Waals surface area contributed by atoms with Crippen LogP contribution in [0.2, 0.25) is 0 Å². The van der Waals surface area contributed by atoms with Gasteiger partial charge in [0, 0.05) is 0 Å². The van der Waals surface area contributed by atoms with Gasteiger partial charge in [-0.2, -0.15) is 5.10 Å². The van der Waals surface area contributed by atoms with Crippen LogP contribution in [0.3, 0.4) is 0 Å². The summed E-state index contributed by atoms with van der Waals surface area (Å²) in [5.41, 5.74) is 0.720. The van der Waals surface area contributed by atoms with Crippen LogP contribution in [-0.4, -0.2) is 14.8 Å². The molecule has 1 rings (SSSR count). The Hall–Kier alpha value is -1.32. The van der Waals surface area contributed by atoms with Crippen molar-refractivity contribution in [3.63, 3.8) is 0 Å². The molecule has 10 heavy (non-hydrogen) atoms. The number of nitrogens with zero attached hydrogens (tertiary/aromatic N) is 2. The Bertz CT molecular complexity index is 283. The van der Waals surface area contributed by atoms with Gasteiger partial charge in [-0.15, -0.1) is 0 Å². The zero-order valence-electron chi connectivity index (χ0n) is 5.79. The topological polar surface area (TPSA) is 50.7 Å². The summed E-state index contributed by atoms with van der Waals surface area (Å²) in [6.07, 6.45) is 1.37. The van der Waals surface area contributed by atoms with Crippen LogP contribution in [0.1, 0.15) is 6.92 Å². The fourth-order valence-electron chi connectivity index (χ4n) is 0.649. The van der Waals surface area contributed by atoms with Gasteiger partial charge in [-0.1, -0.05) is 12.2 Å². The molecule has 1 N–H and O–H groups in total. The van der Waals surface area contributed by atoms with Gasteiger partial charge in [0.2, 0.25) is 0 Å². The minimum absolute atomic E-state index is 0.192. The Kier molecular flexibility index (Phi) is 1.71. The number of aromatic amines is 1. The van der Waals surface area contributed by atoms with Crippen molar-refractivity contribution in [2.75, 3.05) is 0 Å². The summed E-state index contributed by atoms with van der Waals surface area (Å²) in [7, 11) is 0. The highest BCUT2D eigenvalue weighted by Gasteiger charge is 1.94. The average Bonchev–Trinajstić information content (AvgIpc) is 2.15. The van der Waals surface area contributed by atoms with Gasteiger partial charge >= 0.3 is 5.69 Å². The molecule has 4 heteroatoms. The van der Waals surface area contributed by atoms with E-state index >= 15 is 0 Å². The summed E-state index contributed by atoms with van der Waals surface area (Å²) in [5, 5.41) is 3.74. The highest BCUT2D eigenvalue weighted by Crippen LogP contribution is 1.87. The summed E-state index contributed by atoms with van der Waals surface area (Å²) in [6, 6.07) is 0. The maximum atomic E-state index is 10.8. The molecule has 54 valence electrons. The number of hydrogen-bond donors (Lipinski definition) is 1. The standard InChI is InChI=1S/C6H9N3O/c1-5(2)3-9-6(10)7-4-8-9/h4H,1,3H2,2H3,(H,7,8,10). The zero-order chi connectivity index (χ0) is 7.56. The molecule has 1 aromatic heterocycles. The smallest absolute Gasteiger partial charge is 0.295 e. The van der Waals surface area contributed by atoms with Crippen molar-refractivity contribution in [3.05, 3.63) is 29.0 Å². The Morgan fingerprint density at radius 2 is 2.70 bits per heavy atom. The molecule has 0 radical (unpaired) electrons. The minimum Gasteiger partial charge on any atom is -0.295 e. The second kappa shape index (κ2) is 2.51. The third-order valence-electron chi connectivity index (χ3n) is 1.04. The summed E-state index contributed by atoms with van der Waals surface area (Å²) in [6.45, 7) is 5.99. The molecule has 4 nitrogen and oxygen atoms in total. The largest absolute Gasteiger partial charge is 0.343 e. The summed E-state index contributed by atoms with van der Waals surface area (Å²) < 4.78 is 1.32. The number of hydrogen-bond acceptors (Lipinski definition) is 2. The number of rotatable bonds is 2. The van der Waals surface area contributed by atoms with Crippen LogP contribution in [-0.2, 0) is 6.54 Å². The average molecular weight is 139 g/mol. The predicted octanol–water partition coefficient (Wildman–Crippen LogP) is 0.148. The van der Waals surface area contributed by atoms with Crippen molar-refractivity contribution in [1.82, 2.24) is 14.8 Å². The second-order valence-electron chi connectivity index (χ2n) is 2.21. The molecule has 0 aliphatic heterocycles. The van der Waals surface area contributed by atoms with Crippen LogP contribution in [0.5, 0.6) is 0 Å². The Morgan fingerprint density at radius 3 is 3.10 bits per heavy atom. The third-order valence-corrected chi connectivity index (χ3v) is 1.04. The lowest BCUT2D eigenvalue weighted by molar-refractivity contribution is 0.652. The third kappa shape index (κ3) is 1.34. The highest BCUT2D eigenvalue weighted by molar-refractivity contribution is 4.87. The first kappa shape index (κ1) is 6.80. The fraction of sp³-hybridized carbons (Fsp3) is 0.333. The van der Waals surface area contributed by atoms with E-state index in [1.165, 1.54) is 11.0 Å². The van der Waals surface area contributed by atoms with Crippen molar-refractivity contribution >= 4 is 0 Å². The Labute approximate surface area is 58.2 Å². The number of nitrogens with one attached hydrogen (secondary N) is 1. The van der Waals surface area contributed by atoms with Gasteiger partial charge in [0.05, 0.1) is 6.54 Å². The Morgan fingerprint density at radius 1 is 2.00 bits per heavy atom. The molecule has 1 heterocycles. The van der Waals surface area contributed by atoms with Crippen molar-refractivity contribution in [1.29, 1.82) is 0 Å². The molecule has 0 aliphatic rings. The van der Waals surface area contributed by atoms with Crippen LogP contribution in [0, 0.1) is 0 Å². The van der Waals surface area contributed by atoms with Crippen molar-refractivity contribution in [3.8, 4) is 0 Å². The van der Waals surface area contributed by atoms with E-state index in [0.29, 0.717) is 6.54 Å². The van der Waals surface area contributed by atoms with Crippen LogP contribution in [0.25, 0.3) is 0 Å². The van der Waals surface area contributed by atoms with E-state index < -0.39 is 0 Å². The normalized spacial score (nSPS) is 9.70. The molecule has 0 atom stereocenters. The number of allylic oxidation sites excluding steroid dienone is 1. The number of H-pyrrole nitrogens is 1. The molecule has 0 unspecified atom stereocenters. The quantitative estimate of drug-likeness (QED) is 0.593. The number of aromatic nitrogens is 3. The van der Waals surface area contributed by atoms with Crippen molar-refractivity contribution < 1.29 is 0 Å². The van der Waals surface area contributed by atoms with E-state index in [4.69, 9.17) is 0 Å². The molecule has 0 fully saturated rings. The molecule has 0 spiro atoms. The van der Waals surface area contributed by atoms with E-state index in [1.54, 1.807) is 0 Å². The molecule has 0 saturated carbocycles. The maximum absolute atomic E-state index is 10.8. The van der Waals surface area contributed by atoms with Gasteiger partial charge < -0.3 is 0 Å². The molecular weight excluding hydrogens is 130 g/mol. The molecule has 0 aromatic carbocycles. The first-order valence-electron chi connectivity index (χ1n) is 2.95. The van der Waals surface area contributed by atoms with Gasteiger partial charge in [0.25, 0.3) is 0 Å². The van der Waals surface area contributed by atoms with Crippen LogP contribution in [0.4, 0.5) is 0 Å². The predicted molar refractivity (Wildman–Crippen MR) is 37.7 cm³/mol. The summed E-state index contributed by atoms with van der Waals surface area (Å²) >= 11 is 0. The minimum atomic E-state index is -0.192. The van der Waals surface area contributed by atoms with E-state index in [1.807, 2.05) is 6.92 Å². The molecule has 0 saturated heterocycles. The molecule has 0 bridgehead atoms. The second-order valence-corrected chi connectivity index (χ2v) is 2.21. The van der Waals surface area contributed by atoms with Crippen LogP contribution in [0.15, 0.2) is 23.3 Å². The maximum Gasteiger partial charge on any atom is 0.343 e. The van der Waals surface area contributed by atoms with Gasteiger partial charge in [0.1, 0.15) is 6.33 Å².